The van der Waals surface area contributed by atoms with Gasteiger partial charge in [0.15, 0.2) is 0 Å². The number of rotatable bonds is 5. The first-order valence-electron chi connectivity index (χ1n) is 7.95. The van der Waals surface area contributed by atoms with Crippen molar-refractivity contribution in [2.75, 3.05) is 4.90 Å². The highest BCUT2D eigenvalue weighted by atomic mass is 32.1. The lowest BCUT2D eigenvalue weighted by Crippen LogP contribution is -2.49. The Labute approximate surface area is 159 Å². The first-order chi connectivity index (χ1) is 12.9. The highest BCUT2D eigenvalue weighted by Gasteiger charge is 2.45. The fourth-order valence-electron chi connectivity index (χ4n) is 2.68. The second-order valence-electron chi connectivity index (χ2n) is 5.80. The molecule has 1 unspecified atom stereocenters. The van der Waals surface area contributed by atoms with Crippen molar-refractivity contribution in [1.82, 2.24) is 10.4 Å². The molecule has 1 saturated heterocycles. The zero-order valence-electron chi connectivity index (χ0n) is 14.0. The molecule has 138 valence electrons. The van der Waals surface area contributed by atoms with Crippen LogP contribution in [0.2, 0.25) is 0 Å². The summed E-state index contributed by atoms with van der Waals surface area (Å²) >= 11 is 5.32. The summed E-state index contributed by atoms with van der Waals surface area (Å²) in [5.41, 5.74) is 8.47. The number of benzene rings is 2. The van der Waals surface area contributed by atoms with Crippen LogP contribution in [0.1, 0.15) is 16.8 Å². The summed E-state index contributed by atoms with van der Waals surface area (Å²) in [5, 5.41) is 1.10. The summed E-state index contributed by atoms with van der Waals surface area (Å²) in [6.07, 6.45) is -0.342. The number of nitrogens with one attached hydrogen (secondary N) is 1. The molecule has 1 heterocycles. The van der Waals surface area contributed by atoms with Gasteiger partial charge in [-0.3, -0.25) is 24.7 Å². The third-order valence-electron chi connectivity index (χ3n) is 3.95. The van der Waals surface area contributed by atoms with Crippen LogP contribution in [-0.4, -0.2) is 33.9 Å². The lowest BCUT2D eigenvalue weighted by molar-refractivity contribution is -0.125. The minimum atomic E-state index is -1.09. The third-order valence-corrected chi connectivity index (χ3v) is 4.33. The molecule has 0 aromatic heterocycles. The maximum atomic E-state index is 13.2. The first-order valence-corrected chi connectivity index (χ1v) is 8.36. The average molecular weight is 386 g/mol. The van der Waals surface area contributed by atoms with E-state index >= 15 is 0 Å². The lowest BCUT2D eigenvalue weighted by Gasteiger charge is -2.24. The van der Waals surface area contributed by atoms with E-state index in [1.165, 1.54) is 24.3 Å². The molecule has 0 saturated carbocycles. The number of nitrogens with two attached hydrogens (primary N) is 1. The van der Waals surface area contributed by atoms with Crippen molar-refractivity contribution >= 4 is 40.7 Å². The summed E-state index contributed by atoms with van der Waals surface area (Å²) in [6.45, 7) is 0. The Bertz CT molecular complexity index is 905. The van der Waals surface area contributed by atoms with Crippen LogP contribution in [0.5, 0.6) is 0 Å². The molecule has 1 aliphatic heterocycles. The van der Waals surface area contributed by atoms with Gasteiger partial charge >= 0.3 is 0 Å². The molecule has 1 atom stereocenters. The molecule has 27 heavy (non-hydrogen) atoms. The lowest BCUT2D eigenvalue weighted by atomic mass is 10.2. The Morgan fingerprint density at radius 2 is 1.74 bits per heavy atom. The Morgan fingerprint density at radius 1 is 1.11 bits per heavy atom. The molecule has 3 N–H and O–H groups in total. The standard InChI is InChI=1S/C18H15FN4O3S/c19-12-6-8-13(9-7-12)22-17(26)14(10-15(20)24)23(18(22)27)21-16(25)11-4-2-1-3-5-11/h1-9,14H,10H2,(H2,20,24)(H,21,25). The first kappa shape index (κ1) is 18.5. The quantitative estimate of drug-likeness (QED) is 0.757. The number of carbonyl (C=O) groups excluding carboxylic acids is 3. The molecule has 2 aromatic carbocycles. The summed E-state index contributed by atoms with van der Waals surface area (Å²) in [7, 11) is 0. The predicted octanol–water partition coefficient (Wildman–Crippen LogP) is 1.35. The molecule has 2 aromatic rings. The molecule has 0 bridgehead atoms. The molecule has 0 radical (unpaired) electrons. The number of hydrogen-bond donors (Lipinski definition) is 2. The normalized spacial score (nSPS) is 16.6. The van der Waals surface area contributed by atoms with E-state index in [9.17, 15) is 18.8 Å². The predicted molar refractivity (Wildman–Crippen MR) is 99.8 cm³/mol. The van der Waals surface area contributed by atoms with Crippen molar-refractivity contribution in [3.63, 3.8) is 0 Å². The molecular formula is C18H15FN4O3S. The van der Waals surface area contributed by atoms with E-state index in [0.29, 0.717) is 11.3 Å². The van der Waals surface area contributed by atoms with Crippen LogP contribution in [0.15, 0.2) is 54.6 Å². The van der Waals surface area contributed by atoms with Crippen LogP contribution in [0.4, 0.5) is 10.1 Å². The topological polar surface area (TPSA) is 95.7 Å². The fourth-order valence-corrected chi connectivity index (χ4v) is 3.05. The monoisotopic (exact) mass is 386 g/mol. The molecule has 0 spiro atoms. The second-order valence-corrected chi connectivity index (χ2v) is 6.16. The number of thiocarbonyl (C=S) groups is 1. The van der Waals surface area contributed by atoms with Crippen molar-refractivity contribution < 1.29 is 18.8 Å². The maximum absolute atomic E-state index is 13.2. The van der Waals surface area contributed by atoms with Crippen LogP contribution in [0, 0.1) is 5.82 Å². The van der Waals surface area contributed by atoms with Gasteiger partial charge in [-0.15, -0.1) is 0 Å². The molecule has 7 nitrogen and oxygen atoms in total. The van der Waals surface area contributed by atoms with Crippen LogP contribution in [0.25, 0.3) is 0 Å². The molecule has 0 aliphatic carbocycles. The number of hydrogen-bond acceptors (Lipinski definition) is 4. The highest BCUT2D eigenvalue weighted by molar-refractivity contribution is 7.80. The minimum Gasteiger partial charge on any atom is -0.370 e. The van der Waals surface area contributed by atoms with Crippen LogP contribution in [0.3, 0.4) is 0 Å². The van der Waals surface area contributed by atoms with E-state index in [4.69, 9.17) is 18.0 Å². The van der Waals surface area contributed by atoms with Gasteiger partial charge in [0.2, 0.25) is 11.0 Å². The van der Waals surface area contributed by atoms with Crippen LogP contribution < -0.4 is 16.1 Å². The summed E-state index contributed by atoms with van der Waals surface area (Å²) in [4.78, 5) is 37.8. The number of amides is 3. The zero-order chi connectivity index (χ0) is 19.6. The van der Waals surface area contributed by atoms with Gasteiger partial charge in [-0.1, -0.05) is 18.2 Å². The number of halogens is 1. The number of nitrogens with zero attached hydrogens (tertiary/aromatic N) is 2. The average Bonchev–Trinajstić information content (AvgIpc) is 2.87. The number of carbonyl (C=O) groups is 3. The Balaban J connectivity index is 1.91. The molecule has 9 heteroatoms. The van der Waals surface area contributed by atoms with E-state index in [2.05, 4.69) is 5.43 Å². The van der Waals surface area contributed by atoms with Gasteiger partial charge < -0.3 is 5.73 Å². The van der Waals surface area contributed by atoms with Gasteiger partial charge in [0.25, 0.3) is 11.8 Å². The van der Waals surface area contributed by atoms with Crippen LogP contribution in [-0.2, 0) is 9.59 Å². The Hall–Kier alpha value is -3.33. The van der Waals surface area contributed by atoms with Crippen molar-refractivity contribution in [2.24, 2.45) is 5.73 Å². The van der Waals surface area contributed by atoms with E-state index in [1.807, 2.05) is 0 Å². The molecular weight excluding hydrogens is 371 g/mol. The van der Waals surface area contributed by atoms with Gasteiger partial charge in [0.05, 0.1) is 12.1 Å². The van der Waals surface area contributed by atoms with E-state index < -0.39 is 29.6 Å². The van der Waals surface area contributed by atoms with Crippen molar-refractivity contribution in [2.45, 2.75) is 12.5 Å². The third kappa shape index (κ3) is 3.77. The summed E-state index contributed by atoms with van der Waals surface area (Å²) in [5.74, 6) is -2.24. The molecule has 1 aliphatic rings. The summed E-state index contributed by atoms with van der Waals surface area (Å²) in [6, 6.07) is 12.3. The smallest absolute Gasteiger partial charge is 0.269 e. The molecule has 3 rings (SSSR count). The van der Waals surface area contributed by atoms with E-state index in [-0.39, 0.29) is 11.5 Å². The fraction of sp³-hybridized carbons (Fsp3) is 0.111. The minimum absolute atomic E-state index is 0.0397. The van der Waals surface area contributed by atoms with Gasteiger partial charge in [0.1, 0.15) is 11.9 Å². The SMILES string of the molecule is NC(=O)CC1C(=O)N(c2ccc(F)cc2)C(=S)N1NC(=O)c1ccccc1. The number of hydrazine groups is 1. The summed E-state index contributed by atoms with van der Waals surface area (Å²) < 4.78 is 13.2. The second kappa shape index (κ2) is 7.50. The molecule has 1 fully saturated rings. The van der Waals surface area contributed by atoms with E-state index in [0.717, 1.165) is 9.91 Å². The van der Waals surface area contributed by atoms with Gasteiger partial charge in [-0.25, -0.2) is 9.40 Å². The van der Waals surface area contributed by atoms with Gasteiger partial charge in [0, 0.05) is 5.56 Å². The maximum Gasteiger partial charge on any atom is 0.269 e. The van der Waals surface area contributed by atoms with Gasteiger partial charge in [-0.2, -0.15) is 0 Å². The van der Waals surface area contributed by atoms with E-state index in [1.54, 1.807) is 30.3 Å². The van der Waals surface area contributed by atoms with Crippen molar-refractivity contribution in [3.05, 3.63) is 66.0 Å². The van der Waals surface area contributed by atoms with Crippen LogP contribution >= 0.6 is 12.2 Å². The Morgan fingerprint density at radius 3 is 2.33 bits per heavy atom. The Kier molecular flexibility index (Phi) is 5.13. The number of primary amides is 1. The van der Waals surface area contributed by atoms with Crippen molar-refractivity contribution in [3.8, 4) is 0 Å². The zero-order valence-corrected chi connectivity index (χ0v) is 14.8. The molecule has 3 amide bonds. The largest absolute Gasteiger partial charge is 0.370 e. The highest BCUT2D eigenvalue weighted by Crippen LogP contribution is 2.26. The number of anilines is 1. The van der Waals surface area contributed by atoms with Gasteiger partial charge in [-0.05, 0) is 48.6 Å². The van der Waals surface area contributed by atoms with Crippen molar-refractivity contribution in [1.29, 1.82) is 0 Å².